The van der Waals surface area contributed by atoms with Gasteiger partial charge in [0.1, 0.15) is 0 Å². The molecule has 1 aromatic carbocycles. The monoisotopic (exact) mass is 327 g/mol. The molecule has 6 heteroatoms. The van der Waals surface area contributed by atoms with Crippen LogP contribution in [0.2, 0.25) is 5.02 Å². The molecule has 2 aromatic rings. The fourth-order valence-electron chi connectivity index (χ4n) is 1.88. The van der Waals surface area contributed by atoms with E-state index in [1.54, 1.807) is 0 Å². The van der Waals surface area contributed by atoms with E-state index in [1.807, 2.05) is 56.3 Å². The molecule has 2 rings (SSSR count). The topological polar surface area (TPSA) is 38.1 Å². The first-order chi connectivity index (χ1) is 9.47. The van der Waals surface area contributed by atoms with Gasteiger partial charge in [-0.3, -0.25) is 4.79 Å². The third-order valence-corrected chi connectivity index (χ3v) is 3.30. The van der Waals surface area contributed by atoms with Crippen LogP contribution in [0.3, 0.4) is 0 Å². The Hall–Kier alpha value is -1.36. The molecule has 0 radical (unpaired) electrons. The molecule has 0 aliphatic rings. The molecule has 0 N–H and O–H groups in total. The summed E-state index contributed by atoms with van der Waals surface area (Å²) in [6.07, 6.45) is 0. The van der Waals surface area contributed by atoms with E-state index >= 15 is 0 Å². The SMILES string of the molecule is Cc1cc(-c2ccc(Cl)cc2)nn(CCN(C)C)c1=O.Cl. The summed E-state index contributed by atoms with van der Waals surface area (Å²) in [5.74, 6) is 0. The first kappa shape index (κ1) is 17.7. The summed E-state index contributed by atoms with van der Waals surface area (Å²) in [5.41, 5.74) is 2.40. The van der Waals surface area contributed by atoms with Crippen LogP contribution in [-0.4, -0.2) is 35.3 Å². The quantitative estimate of drug-likeness (QED) is 0.866. The van der Waals surface area contributed by atoms with Crippen LogP contribution in [0, 0.1) is 6.92 Å². The fraction of sp³-hybridized carbons (Fsp3) is 0.333. The van der Waals surface area contributed by atoms with Gasteiger partial charge in [-0.1, -0.05) is 23.7 Å². The van der Waals surface area contributed by atoms with Gasteiger partial charge in [0.05, 0.1) is 12.2 Å². The molecule has 0 unspecified atom stereocenters. The van der Waals surface area contributed by atoms with Crippen LogP contribution < -0.4 is 5.56 Å². The minimum atomic E-state index is -0.0374. The van der Waals surface area contributed by atoms with E-state index < -0.39 is 0 Å². The zero-order valence-corrected chi connectivity index (χ0v) is 13.9. The lowest BCUT2D eigenvalue weighted by molar-refractivity contribution is 0.367. The van der Waals surface area contributed by atoms with Crippen LogP contribution in [0.5, 0.6) is 0 Å². The van der Waals surface area contributed by atoms with Gasteiger partial charge in [-0.25, -0.2) is 4.68 Å². The van der Waals surface area contributed by atoms with Crippen molar-refractivity contribution in [3.8, 4) is 11.3 Å². The molecular weight excluding hydrogens is 309 g/mol. The number of benzene rings is 1. The van der Waals surface area contributed by atoms with E-state index in [0.29, 0.717) is 17.1 Å². The van der Waals surface area contributed by atoms with Gasteiger partial charge in [0.25, 0.3) is 5.56 Å². The molecule has 21 heavy (non-hydrogen) atoms. The van der Waals surface area contributed by atoms with Crippen LogP contribution in [0.15, 0.2) is 35.1 Å². The number of hydrogen-bond donors (Lipinski definition) is 0. The summed E-state index contributed by atoms with van der Waals surface area (Å²) >= 11 is 5.89. The van der Waals surface area contributed by atoms with E-state index in [4.69, 9.17) is 11.6 Å². The van der Waals surface area contributed by atoms with Crippen LogP contribution in [0.4, 0.5) is 0 Å². The van der Waals surface area contributed by atoms with Crippen LogP contribution >= 0.6 is 24.0 Å². The van der Waals surface area contributed by atoms with Gasteiger partial charge in [0.2, 0.25) is 0 Å². The Kier molecular flexibility index (Phi) is 6.40. The third-order valence-electron chi connectivity index (χ3n) is 3.05. The summed E-state index contributed by atoms with van der Waals surface area (Å²) in [7, 11) is 3.95. The highest BCUT2D eigenvalue weighted by Crippen LogP contribution is 2.19. The zero-order chi connectivity index (χ0) is 14.7. The van der Waals surface area contributed by atoms with Gasteiger partial charge in [0, 0.05) is 22.7 Å². The normalized spacial score (nSPS) is 10.5. The molecule has 0 bridgehead atoms. The summed E-state index contributed by atoms with van der Waals surface area (Å²) < 4.78 is 1.53. The Balaban J connectivity index is 0.00000220. The molecule has 0 spiro atoms. The molecule has 0 atom stereocenters. The van der Waals surface area contributed by atoms with Crippen molar-refractivity contribution < 1.29 is 0 Å². The highest BCUT2D eigenvalue weighted by atomic mass is 35.5. The molecule has 0 aliphatic heterocycles. The minimum absolute atomic E-state index is 0. The zero-order valence-electron chi connectivity index (χ0n) is 12.3. The lowest BCUT2D eigenvalue weighted by atomic mass is 10.1. The first-order valence-corrected chi connectivity index (χ1v) is 6.84. The first-order valence-electron chi connectivity index (χ1n) is 6.47. The number of hydrogen-bond acceptors (Lipinski definition) is 3. The standard InChI is InChI=1S/C15H18ClN3O.ClH/c1-11-10-14(12-4-6-13(16)7-5-12)17-19(15(11)20)9-8-18(2)3;/h4-7,10H,8-9H2,1-3H3;1H. The second-order valence-electron chi connectivity index (χ2n) is 5.05. The molecule has 0 saturated heterocycles. The van der Waals surface area contributed by atoms with Crippen molar-refractivity contribution in [3.63, 3.8) is 0 Å². The molecule has 4 nitrogen and oxygen atoms in total. The second-order valence-corrected chi connectivity index (χ2v) is 5.49. The van der Waals surface area contributed by atoms with Crippen molar-refractivity contribution in [2.75, 3.05) is 20.6 Å². The average Bonchev–Trinajstić information content (AvgIpc) is 2.41. The number of aryl methyl sites for hydroxylation is 1. The van der Waals surface area contributed by atoms with E-state index in [0.717, 1.165) is 17.8 Å². The Morgan fingerprint density at radius 1 is 1.24 bits per heavy atom. The van der Waals surface area contributed by atoms with Crippen molar-refractivity contribution in [3.05, 3.63) is 51.3 Å². The van der Waals surface area contributed by atoms with Crippen molar-refractivity contribution in [1.82, 2.24) is 14.7 Å². The fourth-order valence-corrected chi connectivity index (χ4v) is 2.01. The highest BCUT2D eigenvalue weighted by molar-refractivity contribution is 6.30. The number of aromatic nitrogens is 2. The van der Waals surface area contributed by atoms with E-state index in [2.05, 4.69) is 5.10 Å². The Bertz CT molecular complexity index is 651. The van der Waals surface area contributed by atoms with Gasteiger partial charge in [-0.15, -0.1) is 12.4 Å². The Labute approximate surface area is 135 Å². The molecule has 0 saturated carbocycles. The van der Waals surface area contributed by atoms with Gasteiger partial charge < -0.3 is 4.90 Å². The Morgan fingerprint density at radius 2 is 1.86 bits per heavy atom. The average molecular weight is 328 g/mol. The third kappa shape index (κ3) is 4.56. The predicted octanol–water partition coefficient (Wildman–Crippen LogP) is 2.86. The molecular formula is C15H19Cl2N3O. The molecule has 1 aromatic heterocycles. The summed E-state index contributed by atoms with van der Waals surface area (Å²) in [4.78, 5) is 14.1. The van der Waals surface area contributed by atoms with Crippen LogP contribution in [0.1, 0.15) is 5.56 Å². The van der Waals surface area contributed by atoms with Crippen molar-refractivity contribution >= 4 is 24.0 Å². The summed E-state index contributed by atoms with van der Waals surface area (Å²) in [6.45, 7) is 3.17. The molecule has 0 fully saturated rings. The maximum absolute atomic E-state index is 12.1. The lowest BCUT2D eigenvalue weighted by Crippen LogP contribution is -2.30. The van der Waals surface area contributed by atoms with Crippen LogP contribution in [-0.2, 0) is 6.54 Å². The van der Waals surface area contributed by atoms with Crippen molar-refractivity contribution in [2.24, 2.45) is 0 Å². The van der Waals surface area contributed by atoms with E-state index in [9.17, 15) is 4.79 Å². The maximum Gasteiger partial charge on any atom is 0.269 e. The molecule has 0 amide bonds. The summed E-state index contributed by atoms with van der Waals surface area (Å²) in [6, 6.07) is 9.28. The molecule has 0 aliphatic carbocycles. The number of nitrogens with zero attached hydrogens (tertiary/aromatic N) is 3. The van der Waals surface area contributed by atoms with Crippen molar-refractivity contribution in [1.29, 1.82) is 0 Å². The molecule has 114 valence electrons. The number of halogens is 2. The number of rotatable bonds is 4. The maximum atomic E-state index is 12.1. The largest absolute Gasteiger partial charge is 0.308 e. The van der Waals surface area contributed by atoms with Gasteiger partial charge in [-0.05, 0) is 39.2 Å². The van der Waals surface area contributed by atoms with Crippen LogP contribution in [0.25, 0.3) is 11.3 Å². The van der Waals surface area contributed by atoms with Gasteiger partial charge >= 0.3 is 0 Å². The lowest BCUT2D eigenvalue weighted by Gasteiger charge is -2.12. The van der Waals surface area contributed by atoms with E-state index in [1.165, 1.54) is 4.68 Å². The minimum Gasteiger partial charge on any atom is -0.308 e. The Morgan fingerprint density at radius 3 is 2.43 bits per heavy atom. The summed E-state index contributed by atoms with van der Waals surface area (Å²) in [5, 5.41) is 5.13. The smallest absolute Gasteiger partial charge is 0.269 e. The molecule has 1 heterocycles. The van der Waals surface area contributed by atoms with Gasteiger partial charge in [-0.2, -0.15) is 5.10 Å². The number of likely N-dealkylation sites (N-methyl/N-ethyl adjacent to an activating group) is 1. The predicted molar refractivity (Wildman–Crippen MR) is 89.5 cm³/mol. The van der Waals surface area contributed by atoms with E-state index in [-0.39, 0.29) is 18.0 Å². The van der Waals surface area contributed by atoms with Crippen molar-refractivity contribution in [2.45, 2.75) is 13.5 Å². The van der Waals surface area contributed by atoms with Gasteiger partial charge in [0.15, 0.2) is 0 Å². The second kappa shape index (κ2) is 7.59. The highest BCUT2D eigenvalue weighted by Gasteiger charge is 2.07.